The zero-order chi connectivity index (χ0) is 15.1. The SMILES string of the molecule is Cc1ccc(NC(=O)CNCCN2CCOCC2)cc1Br. The Morgan fingerprint density at radius 3 is 2.86 bits per heavy atom. The number of halogens is 1. The van der Waals surface area contributed by atoms with Crippen LogP contribution in [0, 0.1) is 6.92 Å². The number of carbonyl (C=O) groups excluding carboxylic acids is 1. The number of hydrogen-bond acceptors (Lipinski definition) is 4. The van der Waals surface area contributed by atoms with E-state index in [-0.39, 0.29) is 5.91 Å². The van der Waals surface area contributed by atoms with Crippen LogP contribution in [0.4, 0.5) is 5.69 Å². The molecule has 1 aromatic rings. The van der Waals surface area contributed by atoms with Gasteiger partial charge < -0.3 is 15.4 Å². The second kappa shape index (κ2) is 8.48. The van der Waals surface area contributed by atoms with E-state index in [9.17, 15) is 4.79 Å². The molecule has 1 amide bonds. The molecule has 21 heavy (non-hydrogen) atoms. The van der Waals surface area contributed by atoms with Gasteiger partial charge >= 0.3 is 0 Å². The summed E-state index contributed by atoms with van der Waals surface area (Å²) in [6.07, 6.45) is 0. The lowest BCUT2D eigenvalue weighted by atomic mass is 10.2. The van der Waals surface area contributed by atoms with E-state index in [4.69, 9.17) is 4.74 Å². The zero-order valence-corrected chi connectivity index (χ0v) is 13.9. The van der Waals surface area contributed by atoms with Crippen LogP contribution in [0.2, 0.25) is 0 Å². The summed E-state index contributed by atoms with van der Waals surface area (Å²) < 4.78 is 6.30. The van der Waals surface area contributed by atoms with Gasteiger partial charge in [-0.25, -0.2) is 0 Å². The Balaban J connectivity index is 1.63. The number of benzene rings is 1. The fraction of sp³-hybridized carbons (Fsp3) is 0.533. The Kier molecular flexibility index (Phi) is 6.63. The Morgan fingerprint density at radius 1 is 1.38 bits per heavy atom. The normalized spacial score (nSPS) is 15.9. The second-order valence-electron chi connectivity index (χ2n) is 5.14. The van der Waals surface area contributed by atoms with Gasteiger partial charge in [0, 0.05) is 36.3 Å². The summed E-state index contributed by atoms with van der Waals surface area (Å²) >= 11 is 3.46. The maximum atomic E-state index is 11.8. The summed E-state index contributed by atoms with van der Waals surface area (Å²) in [5, 5.41) is 6.06. The third-order valence-electron chi connectivity index (χ3n) is 3.45. The van der Waals surface area contributed by atoms with Crippen molar-refractivity contribution in [3.8, 4) is 0 Å². The molecule has 0 unspecified atom stereocenters. The average molecular weight is 356 g/mol. The molecule has 0 radical (unpaired) electrons. The second-order valence-corrected chi connectivity index (χ2v) is 6.00. The first-order chi connectivity index (χ1) is 10.1. The summed E-state index contributed by atoms with van der Waals surface area (Å²) in [4.78, 5) is 14.2. The van der Waals surface area contributed by atoms with Crippen LogP contribution in [0.1, 0.15) is 5.56 Å². The fourth-order valence-corrected chi connectivity index (χ4v) is 2.52. The lowest BCUT2D eigenvalue weighted by molar-refractivity contribution is -0.115. The van der Waals surface area contributed by atoms with E-state index in [1.54, 1.807) is 0 Å². The van der Waals surface area contributed by atoms with E-state index < -0.39 is 0 Å². The minimum Gasteiger partial charge on any atom is -0.379 e. The number of aryl methyl sites for hydroxylation is 1. The molecule has 0 spiro atoms. The molecule has 1 fully saturated rings. The lowest BCUT2D eigenvalue weighted by Gasteiger charge is -2.26. The highest BCUT2D eigenvalue weighted by Gasteiger charge is 2.09. The van der Waals surface area contributed by atoms with Gasteiger partial charge in [-0.15, -0.1) is 0 Å². The molecule has 5 nitrogen and oxygen atoms in total. The number of anilines is 1. The van der Waals surface area contributed by atoms with Gasteiger partial charge in [0.05, 0.1) is 19.8 Å². The van der Waals surface area contributed by atoms with Crippen molar-refractivity contribution in [2.24, 2.45) is 0 Å². The summed E-state index contributed by atoms with van der Waals surface area (Å²) in [6, 6.07) is 5.80. The molecule has 0 aliphatic carbocycles. The average Bonchev–Trinajstić information content (AvgIpc) is 2.49. The van der Waals surface area contributed by atoms with Crippen LogP contribution in [-0.4, -0.2) is 56.7 Å². The zero-order valence-electron chi connectivity index (χ0n) is 12.3. The van der Waals surface area contributed by atoms with Gasteiger partial charge in [0.2, 0.25) is 5.91 Å². The van der Waals surface area contributed by atoms with Crippen LogP contribution in [0.5, 0.6) is 0 Å². The molecule has 1 aliphatic rings. The predicted octanol–water partition coefficient (Wildman–Crippen LogP) is 1.62. The van der Waals surface area contributed by atoms with E-state index in [2.05, 4.69) is 31.5 Å². The molecular weight excluding hydrogens is 334 g/mol. The first kappa shape index (κ1) is 16.4. The first-order valence-electron chi connectivity index (χ1n) is 7.22. The highest BCUT2D eigenvalue weighted by molar-refractivity contribution is 9.10. The summed E-state index contributed by atoms with van der Waals surface area (Å²) in [5.74, 6) is -0.0206. The van der Waals surface area contributed by atoms with Crippen LogP contribution in [0.3, 0.4) is 0 Å². The minimum atomic E-state index is -0.0206. The molecule has 2 N–H and O–H groups in total. The van der Waals surface area contributed by atoms with Crippen LogP contribution < -0.4 is 10.6 Å². The molecule has 0 atom stereocenters. The molecule has 0 bridgehead atoms. The minimum absolute atomic E-state index is 0.0206. The van der Waals surface area contributed by atoms with E-state index in [0.717, 1.165) is 55.1 Å². The van der Waals surface area contributed by atoms with E-state index >= 15 is 0 Å². The van der Waals surface area contributed by atoms with Crippen molar-refractivity contribution in [3.63, 3.8) is 0 Å². The van der Waals surface area contributed by atoms with Gasteiger partial charge in [-0.3, -0.25) is 9.69 Å². The molecule has 1 saturated heterocycles. The van der Waals surface area contributed by atoms with Gasteiger partial charge in [-0.05, 0) is 24.6 Å². The fourth-order valence-electron chi connectivity index (χ4n) is 2.14. The molecule has 1 aromatic carbocycles. The highest BCUT2D eigenvalue weighted by atomic mass is 79.9. The van der Waals surface area contributed by atoms with Crippen molar-refractivity contribution in [1.82, 2.24) is 10.2 Å². The topological polar surface area (TPSA) is 53.6 Å². The maximum Gasteiger partial charge on any atom is 0.238 e. The molecule has 2 rings (SSSR count). The largest absolute Gasteiger partial charge is 0.379 e. The molecule has 0 saturated carbocycles. The smallest absolute Gasteiger partial charge is 0.238 e. The van der Waals surface area contributed by atoms with Crippen molar-refractivity contribution in [1.29, 1.82) is 0 Å². The molecular formula is C15H22BrN3O2. The molecule has 0 aromatic heterocycles. The van der Waals surface area contributed by atoms with E-state index in [1.807, 2.05) is 25.1 Å². The molecule has 1 heterocycles. The Morgan fingerprint density at radius 2 is 2.14 bits per heavy atom. The van der Waals surface area contributed by atoms with Crippen molar-refractivity contribution >= 4 is 27.5 Å². The van der Waals surface area contributed by atoms with Crippen LogP contribution in [-0.2, 0) is 9.53 Å². The summed E-state index contributed by atoms with van der Waals surface area (Å²) in [7, 11) is 0. The number of amides is 1. The van der Waals surface area contributed by atoms with Gasteiger partial charge in [0.15, 0.2) is 0 Å². The highest BCUT2D eigenvalue weighted by Crippen LogP contribution is 2.20. The number of ether oxygens (including phenoxy) is 1. The number of morpholine rings is 1. The maximum absolute atomic E-state index is 11.8. The molecule has 1 aliphatic heterocycles. The summed E-state index contributed by atoms with van der Waals surface area (Å²) in [6.45, 7) is 7.68. The number of hydrogen-bond donors (Lipinski definition) is 2. The van der Waals surface area contributed by atoms with Gasteiger partial charge in [-0.1, -0.05) is 22.0 Å². The van der Waals surface area contributed by atoms with E-state index in [0.29, 0.717) is 6.54 Å². The Hall–Kier alpha value is -0.950. The number of rotatable bonds is 6. The summed E-state index contributed by atoms with van der Waals surface area (Å²) in [5.41, 5.74) is 1.96. The van der Waals surface area contributed by atoms with Crippen LogP contribution >= 0.6 is 15.9 Å². The lowest BCUT2D eigenvalue weighted by Crippen LogP contribution is -2.41. The molecule has 6 heteroatoms. The predicted molar refractivity (Wildman–Crippen MR) is 87.6 cm³/mol. The van der Waals surface area contributed by atoms with E-state index in [1.165, 1.54) is 0 Å². The first-order valence-corrected chi connectivity index (χ1v) is 8.01. The number of nitrogens with one attached hydrogen (secondary N) is 2. The van der Waals surface area contributed by atoms with Gasteiger partial charge in [0.1, 0.15) is 0 Å². The monoisotopic (exact) mass is 355 g/mol. The van der Waals surface area contributed by atoms with Crippen molar-refractivity contribution in [2.75, 3.05) is 51.3 Å². The number of carbonyl (C=O) groups is 1. The third kappa shape index (κ3) is 5.74. The van der Waals surface area contributed by atoms with Crippen molar-refractivity contribution < 1.29 is 9.53 Å². The van der Waals surface area contributed by atoms with Crippen molar-refractivity contribution in [2.45, 2.75) is 6.92 Å². The Labute approximate surface area is 134 Å². The van der Waals surface area contributed by atoms with Gasteiger partial charge in [0.25, 0.3) is 0 Å². The standard InChI is InChI=1S/C15H22BrN3O2/c1-12-2-3-13(10-14(12)16)18-15(20)11-17-4-5-19-6-8-21-9-7-19/h2-3,10,17H,4-9,11H2,1H3,(H,18,20). The van der Waals surface area contributed by atoms with Gasteiger partial charge in [-0.2, -0.15) is 0 Å². The van der Waals surface area contributed by atoms with Crippen molar-refractivity contribution in [3.05, 3.63) is 28.2 Å². The number of nitrogens with zero attached hydrogens (tertiary/aromatic N) is 1. The quantitative estimate of drug-likeness (QED) is 0.761. The van der Waals surface area contributed by atoms with Crippen LogP contribution in [0.25, 0.3) is 0 Å². The Bertz CT molecular complexity index is 476. The van der Waals surface area contributed by atoms with Crippen LogP contribution in [0.15, 0.2) is 22.7 Å². The molecule has 116 valence electrons. The third-order valence-corrected chi connectivity index (χ3v) is 4.30.